The molecule has 5 heteroatoms. The van der Waals surface area contributed by atoms with Gasteiger partial charge < -0.3 is 9.47 Å². The molecule has 0 saturated heterocycles. The molecule has 0 aromatic carbocycles. The van der Waals surface area contributed by atoms with E-state index in [1.165, 1.54) is 6.20 Å². The summed E-state index contributed by atoms with van der Waals surface area (Å²) in [6, 6.07) is 0. The minimum atomic E-state index is -0.303. The van der Waals surface area contributed by atoms with Crippen LogP contribution in [0.5, 0.6) is 0 Å². The molecule has 0 aliphatic carbocycles. The number of ether oxygens (including phenoxy) is 2. The lowest BCUT2D eigenvalue weighted by molar-refractivity contribution is -0.148. The van der Waals surface area contributed by atoms with Crippen LogP contribution >= 0.6 is 11.6 Å². The Morgan fingerprint density at radius 3 is 2.38 bits per heavy atom. The van der Waals surface area contributed by atoms with E-state index in [0.717, 1.165) is 5.69 Å². The van der Waals surface area contributed by atoms with Crippen molar-refractivity contribution in [3.63, 3.8) is 0 Å². The van der Waals surface area contributed by atoms with Gasteiger partial charge >= 0.3 is 0 Å². The van der Waals surface area contributed by atoms with Crippen molar-refractivity contribution in [3.05, 3.63) is 23.2 Å². The van der Waals surface area contributed by atoms with Gasteiger partial charge in [0, 0.05) is 19.4 Å². The largest absolute Gasteiger partial charge is 0.352 e. The standard InChI is InChI=1S/C11H17ClN2O2/c1-4-15-11(16-5-2)8(3)9-6-13-7-10(12)14-9/h6-8,11H,4-5H2,1-3H3. The summed E-state index contributed by atoms with van der Waals surface area (Å²) in [7, 11) is 0. The average molecular weight is 245 g/mol. The smallest absolute Gasteiger partial charge is 0.165 e. The zero-order valence-electron chi connectivity index (χ0n) is 9.81. The van der Waals surface area contributed by atoms with E-state index in [2.05, 4.69) is 9.97 Å². The van der Waals surface area contributed by atoms with Gasteiger partial charge in [-0.2, -0.15) is 0 Å². The molecule has 0 aliphatic heterocycles. The first-order valence-corrected chi connectivity index (χ1v) is 5.77. The van der Waals surface area contributed by atoms with Crippen LogP contribution < -0.4 is 0 Å². The second-order valence-corrected chi connectivity index (χ2v) is 3.72. The first-order chi connectivity index (χ1) is 7.69. The van der Waals surface area contributed by atoms with Crippen LogP contribution in [0.4, 0.5) is 0 Å². The molecule has 1 atom stereocenters. The van der Waals surface area contributed by atoms with E-state index in [9.17, 15) is 0 Å². The van der Waals surface area contributed by atoms with E-state index in [0.29, 0.717) is 18.4 Å². The summed E-state index contributed by atoms with van der Waals surface area (Å²) in [5, 5.41) is 0.385. The highest BCUT2D eigenvalue weighted by atomic mass is 35.5. The normalized spacial score (nSPS) is 13.1. The van der Waals surface area contributed by atoms with Crippen LogP contribution in [0.2, 0.25) is 5.15 Å². The average Bonchev–Trinajstić information content (AvgIpc) is 2.28. The van der Waals surface area contributed by atoms with Crippen LogP contribution in [0.25, 0.3) is 0 Å². The predicted octanol–water partition coefficient (Wildman–Crippen LogP) is 2.63. The summed E-state index contributed by atoms with van der Waals surface area (Å²) in [6.45, 7) is 7.05. The molecular weight excluding hydrogens is 228 g/mol. The minimum absolute atomic E-state index is 0.00565. The molecule has 1 rings (SSSR count). The van der Waals surface area contributed by atoms with Gasteiger partial charge in [-0.3, -0.25) is 4.98 Å². The van der Waals surface area contributed by atoms with Gasteiger partial charge in [0.15, 0.2) is 6.29 Å². The molecule has 0 spiro atoms. The molecule has 0 N–H and O–H groups in total. The van der Waals surface area contributed by atoms with Gasteiger partial charge in [0.05, 0.1) is 17.8 Å². The number of hydrogen-bond donors (Lipinski definition) is 0. The first-order valence-electron chi connectivity index (χ1n) is 5.39. The molecule has 0 bridgehead atoms. The van der Waals surface area contributed by atoms with Crippen LogP contribution in [0.1, 0.15) is 32.4 Å². The summed E-state index contributed by atoms with van der Waals surface area (Å²) >= 11 is 5.79. The molecule has 1 unspecified atom stereocenters. The number of halogens is 1. The summed E-state index contributed by atoms with van der Waals surface area (Å²) in [6.07, 6.45) is 2.89. The molecule has 0 saturated carbocycles. The second kappa shape index (κ2) is 6.78. The van der Waals surface area contributed by atoms with E-state index >= 15 is 0 Å². The highest BCUT2D eigenvalue weighted by Crippen LogP contribution is 2.21. The van der Waals surface area contributed by atoms with E-state index in [-0.39, 0.29) is 12.2 Å². The third-order valence-corrected chi connectivity index (χ3v) is 2.34. The lowest BCUT2D eigenvalue weighted by Crippen LogP contribution is -2.24. The molecule has 90 valence electrons. The molecule has 0 aliphatic rings. The third-order valence-electron chi connectivity index (χ3n) is 2.16. The van der Waals surface area contributed by atoms with Gasteiger partial charge in [-0.25, -0.2) is 4.98 Å². The molecule has 0 fully saturated rings. The Balaban J connectivity index is 2.76. The van der Waals surface area contributed by atoms with Gasteiger partial charge in [-0.05, 0) is 13.8 Å². The van der Waals surface area contributed by atoms with Crippen molar-refractivity contribution < 1.29 is 9.47 Å². The van der Waals surface area contributed by atoms with E-state index < -0.39 is 0 Å². The van der Waals surface area contributed by atoms with E-state index in [1.807, 2.05) is 20.8 Å². The third kappa shape index (κ3) is 3.70. The lowest BCUT2D eigenvalue weighted by atomic mass is 10.1. The number of nitrogens with zero attached hydrogens (tertiary/aromatic N) is 2. The maximum atomic E-state index is 5.79. The molecule has 1 aromatic heterocycles. The van der Waals surface area contributed by atoms with Crippen LogP contribution in [0.3, 0.4) is 0 Å². The maximum Gasteiger partial charge on any atom is 0.165 e. The van der Waals surface area contributed by atoms with E-state index in [1.54, 1.807) is 6.20 Å². The Hall–Kier alpha value is -0.710. The Labute approximate surface area is 101 Å². The Kier molecular flexibility index (Phi) is 5.66. The van der Waals surface area contributed by atoms with Crippen LogP contribution in [0, 0.1) is 0 Å². The number of hydrogen-bond acceptors (Lipinski definition) is 4. The summed E-state index contributed by atoms with van der Waals surface area (Å²) in [5.41, 5.74) is 0.777. The summed E-state index contributed by atoms with van der Waals surface area (Å²) in [5.74, 6) is 0.00565. The second-order valence-electron chi connectivity index (χ2n) is 3.33. The molecule has 0 amide bonds. The van der Waals surface area contributed by atoms with Gasteiger partial charge in [0.1, 0.15) is 5.15 Å². The minimum Gasteiger partial charge on any atom is -0.352 e. The van der Waals surface area contributed by atoms with Crippen molar-refractivity contribution >= 4 is 11.6 Å². The van der Waals surface area contributed by atoms with Crippen LogP contribution in [-0.2, 0) is 9.47 Å². The maximum absolute atomic E-state index is 5.79. The summed E-state index contributed by atoms with van der Waals surface area (Å²) in [4.78, 5) is 8.20. The van der Waals surface area contributed by atoms with Crippen molar-refractivity contribution in [1.29, 1.82) is 0 Å². The van der Waals surface area contributed by atoms with Crippen molar-refractivity contribution in [3.8, 4) is 0 Å². The molecule has 0 radical (unpaired) electrons. The van der Waals surface area contributed by atoms with Gasteiger partial charge in [0.25, 0.3) is 0 Å². The molecule has 1 heterocycles. The monoisotopic (exact) mass is 244 g/mol. The Bertz CT molecular complexity index is 317. The number of rotatable bonds is 6. The van der Waals surface area contributed by atoms with Gasteiger partial charge in [-0.15, -0.1) is 0 Å². The topological polar surface area (TPSA) is 44.2 Å². The zero-order chi connectivity index (χ0) is 12.0. The SMILES string of the molecule is CCOC(OCC)C(C)c1cncc(Cl)n1. The quantitative estimate of drug-likeness (QED) is 0.722. The fraction of sp³-hybridized carbons (Fsp3) is 0.636. The summed E-state index contributed by atoms with van der Waals surface area (Å²) < 4.78 is 11.0. The Morgan fingerprint density at radius 1 is 1.25 bits per heavy atom. The molecular formula is C11H17ClN2O2. The molecule has 4 nitrogen and oxygen atoms in total. The van der Waals surface area contributed by atoms with E-state index in [4.69, 9.17) is 21.1 Å². The predicted molar refractivity (Wildman–Crippen MR) is 62.5 cm³/mol. The molecule has 1 aromatic rings. The van der Waals surface area contributed by atoms with Crippen molar-refractivity contribution in [2.75, 3.05) is 13.2 Å². The van der Waals surface area contributed by atoms with Gasteiger partial charge in [-0.1, -0.05) is 18.5 Å². The highest BCUT2D eigenvalue weighted by Gasteiger charge is 2.21. The first kappa shape index (κ1) is 13.4. The highest BCUT2D eigenvalue weighted by molar-refractivity contribution is 6.29. The lowest BCUT2D eigenvalue weighted by Gasteiger charge is -2.22. The van der Waals surface area contributed by atoms with Crippen LogP contribution in [0.15, 0.2) is 12.4 Å². The fourth-order valence-electron chi connectivity index (χ4n) is 1.38. The fourth-order valence-corrected chi connectivity index (χ4v) is 1.53. The zero-order valence-corrected chi connectivity index (χ0v) is 10.6. The van der Waals surface area contributed by atoms with Crippen molar-refractivity contribution in [2.24, 2.45) is 0 Å². The van der Waals surface area contributed by atoms with Gasteiger partial charge in [0.2, 0.25) is 0 Å². The number of aromatic nitrogens is 2. The molecule has 16 heavy (non-hydrogen) atoms. The van der Waals surface area contributed by atoms with Crippen molar-refractivity contribution in [1.82, 2.24) is 9.97 Å². The van der Waals surface area contributed by atoms with Crippen molar-refractivity contribution in [2.45, 2.75) is 33.0 Å². The van der Waals surface area contributed by atoms with Crippen LogP contribution in [-0.4, -0.2) is 29.5 Å². The Morgan fingerprint density at radius 2 is 1.88 bits per heavy atom.